The first-order valence-electron chi connectivity index (χ1n) is 12.0. The zero-order valence-corrected chi connectivity index (χ0v) is 20.8. The predicted molar refractivity (Wildman–Crippen MR) is 142 cm³/mol. The second-order valence-corrected chi connectivity index (χ2v) is 10.0. The number of hydrogen-bond acceptors (Lipinski definition) is 7. The van der Waals surface area contributed by atoms with E-state index in [9.17, 15) is 19.5 Å². The molecular weight excluding hydrogens is 486 g/mol. The molecule has 2 atom stereocenters. The fraction of sp³-hybridized carbons (Fsp3) is 0.222. The number of amides is 2. The second-order valence-electron chi connectivity index (χ2n) is 10.0. The number of aromatic nitrogens is 3. The molecule has 7 N–H and O–H groups in total. The van der Waals surface area contributed by atoms with Gasteiger partial charge < -0.3 is 26.5 Å². The van der Waals surface area contributed by atoms with Crippen LogP contribution in [0.15, 0.2) is 67.1 Å². The lowest BCUT2D eigenvalue weighted by atomic mass is 9.67. The van der Waals surface area contributed by atoms with Gasteiger partial charge in [-0.25, -0.2) is 9.78 Å². The highest BCUT2D eigenvalue weighted by Gasteiger charge is 2.56. The largest absolute Gasteiger partial charge is 0.478 e. The number of aromatic carboxylic acids is 1. The molecule has 2 amide bonds. The molecule has 38 heavy (non-hydrogen) atoms. The predicted octanol–water partition coefficient (Wildman–Crippen LogP) is 3.50. The van der Waals surface area contributed by atoms with E-state index >= 15 is 0 Å². The summed E-state index contributed by atoms with van der Waals surface area (Å²) in [7, 11) is 0. The molecule has 0 radical (unpaired) electrons. The highest BCUT2D eigenvalue weighted by atomic mass is 16.4. The van der Waals surface area contributed by atoms with E-state index in [1.54, 1.807) is 32.3 Å². The monoisotopic (exact) mass is 513 g/mol. The molecule has 2 unspecified atom stereocenters. The van der Waals surface area contributed by atoms with Crippen molar-refractivity contribution in [3.05, 3.63) is 78.4 Å². The Hall–Kier alpha value is -4.93. The number of imidazole rings is 1. The van der Waals surface area contributed by atoms with Gasteiger partial charge in [0.25, 0.3) is 0 Å². The van der Waals surface area contributed by atoms with Gasteiger partial charge in [-0.05, 0) is 35.1 Å². The molecule has 194 valence electrons. The first-order valence-corrected chi connectivity index (χ1v) is 12.0. The van der Waals surface area contributed by atoms with Crippen LogP contribution in [0.4, 0.5) is 17.3 Å². The number of carbonyl (C=O) groups excluding carboxylic acids is 2. The minimum Gasteiger partial charge on any atom is -0.478 e. The number of rotatable bonds is 8. The third-order valence-electron chi connectivity index (χ3n) is 6.81. The van der Waals surface area contributed by atoms with Crippen LogP contribution in [0, 0.1) is 11.3 Å². The lowest BCUT2D eigenvalue weighted by molar-refractivity contribution is -0.128. The molecule has 0 fully saturated rings. The standard InChI is InChI=1S/C27H27N7O4/c1-26(2,13-21(28)35)22(23(36)32-25-29-9-10-30-25)27(20-12-15-5-3-4-6-17(15)14-31-20)33-18-8-7-16(24(37)38)11-19(18)34-27/h3-12,14,22,33-34H,13H2,1-2H3,(H2,28,35)(H,37,38)(H2,29,30,32,36). The number of primary amides is 1. The van der Waals surface area contributed by atoms with Crippen molar-refractivity contribution in [2.24, 2.45) is 17.1 Å². The Balaban J connectivity index is 1.72. The van der Waals surface area contributed by atoms with Crippen LogP contribution in [0.5, 0.6) is 0 Å². The average molecular weight is 514 g/mol. The molecule has 1 aliphatic rings. The third-order valence-corrected chi connectivity index (χ3v) is 6.81. The Kier molecular flexibility index (Phi) is 5.98. The maximum absolute atomic E-state index is 14.1. The fourth-order valence-corrected chi connectivity index (χ4v) is 5.28. The molecule has 4 aromatic rings. The van der Waals surface area contributed by atoms with E-state index in [0.29, 0.717) is 17.1 Å². The van der Waals surface area contributed by atoms with Crippen molar-refractivity contribution in [2.75, 3.05) is 16.0 Å². The molecule has 0 aliphatic carbocycles. The first kappa shape index (κ1) is 24.8. The van der Waals surface area contributed by atoms with E-state index < -0.39 is 34.8 Å². The summed E-state index contributed by atoms with van der Waals surface area (Å²) >= 11 is 0. The molecule has 0 spiro atoms. The van der Waals surface area contributed by atoms with Gasteiger partial charge in [-0.1, -0.05) is 38.1 Å². The zero-order chi connectivity index (χ0) is 27.1. The van der Waals surface area contributed by atoms with Crippen molar-refractivity contribution in [3.8, 4) is 0 Å². The topological polar surface area (TPSA) is 175 Å². The van der Waals surface area contributed by atoms with Crippen LogP contribution < -0.4 is 21.7 Å². The third kappa shape index (κ3) is 4.38. The molecule has 11 nitrogen and oxygen atoms in total. The molecule has 0 saturated carbocycles. The number of benzene rings is 2. The molecule has 11 heteroatoms. The van der Waals surface area contributed by atoms with Gasteiger partial charge in [0.15, 0.2) is 5.66 Å². The quantitative estimate of drug-likeness (QED) is 0.207. The minimum atomic E-state index is -1.39. The van der Waals surface area contributed by atoms with Crippen LogP contribution in [0.25, 0.3) is 10.8 Å². The number of carboxylic acid groups (broad SMARTS) is 1. The van der Waals surface area contributed by atoms with Crippen LogP contribution in [-0.4, -0.2) is 37.8 Å². The van der Waals surface area contributed by atoms with Crippen molar-refractivity contribution >= 4 is 45.9 Å². The normalized spacial score (nSPS) is 17.2. The molecular formula is C27H27N7O4. The molecule has 1 aliphatic heterocycles. The number of aromatic amines is 1. The van der Waals surface area contributed by atoms with Crippen molar-refractivity contribution < 1.29 is 19.5 Å². The molecule has 5 rings (SSSR count). The van der Waals surface area contributed by atoms with Crippen LogP contribution in [0.3, 0.4) is 0 Å². The van der Waals surface area contributed by atoms with Crippen molar-refractivity contribution in [1.82, 2.24) is 15.0 Å². The number of nitrogens with one attached hydrogen (secondary N) is 4. The van der Waals surface area contributed by atoms with Gasteiger partial charge in [0.05, 0.1) is 28.6 Å². The van der Waals surface area contributed by atoms with E-state index in [4.69, 9.17) is 10.7 Å². The number of anilines is 3. The smallest absolute Gasteiger partial charge is 0.335 e. The average Bonchev–Trinajstić information content (AvgIpc) is 3.50. The molecule has 2 aromatic carbocycles. The number of H-pyrrole nitrogens is 1. The summed E-state index contributed by atoms with van der Waals surface area (Å²) in [5, 5.41) is 21.0. The second kappa shape index (κ2) is 9.18. The number of nitrogens with two attached hydrogens (primary N) is 1. The Morgan fingerprint density at radius 2 is 1.79 bits per heavy atom. The van der Waals surface area contributed by atoms with Crippen LogP contribution in [-0.2, 0) is 15.3 Å². The number of carbonyl (C=O) groups is 3. The minimum absolute atomic E-state index is 0.0771. The number of fused-ring (bicyclic) bond motifs is 2. The van der Waals surface area contributed by atoms with E-state index in [-0.39, 0.29) is 17.9 Å². The van der Waals surface area contributed by atoms with E-state index in [2.05, 4.69) is 25.9 Å². The van der Waals surface area contributed by atoms with Crippen molar-refractivity contribution in [1.29, 1.82) is 0 Å². The molecule has 0 bridgehead atoms. The number of carboxylic acids is 1. The van der Waals surface area contributed by atoms with Gasteiger partial charge in [0.2, 0.25) is 17.8 Å². The van der Waals surface area contributed by atoms with Gasteiger partial charge in [0.1, 0.15) is 0 Å². The number of nitrogens with zero attached hydrogens (tertiary/aromatic N) is 2. The highest BCUT2D eigenvalue weighted by molar-refractivity contribution is 5.97. The lowest BCUT2D eigenvalue weighted by Gasteiger charge is -2.44. The van der Waals surface area contributed by atoms with E-state index in [1.165, 1.54) is 18.3 Å². The van der Waals surface area contributed by atoms with Crippen molar-refractivity contribution in [2.45, 2.75) is 25.9 Å². The van der Waals surface area contributed by atoms with Gasteiger partial charge >= 0.3 is 5.97 Å². The SMILES string of the molecule is CC(C)(CC(N)=O)C(C(=O)Nc1ncc[nH]1)C1(c2cc3ccccc3cn2)Nc2ccc(C(=O)O)cc2N1. The summed E-state index contributed by atoms with van der Waals surface area (Å²) in [6.45, 7) is 3.56. The van der Waals surface area contributed by atoms with Gasteiger partial charge in [0, 0.05) is 30.4 Å². The van der Waals surface area contributed by atoms with Crippen LogP contribution >= 0.6 is 0 Å². The van der Waals surface area contributed by atoms with Crippen LogP contribution in [0.2, 0.25) is 0 Å². The lowest BCUT2D eigenvalue weighted by Crippen LogP contribution is -2.57. The summed E-state index contributed by atoms with van der Waals surface area (Å²) in [4.78, 5) is 49.7. The maximum Gasteiger partial charge on any atom is 0.335 e. The summed E-state index contributed by atoms with van der Waals surface area (Å²) in [5.74, 6) is -2.87. The van der Waals surface area contributed by atoms with E-state index in [0.717, 1.165) is 10.8 Å². The van der Waals surface area contributed by atoms with Crippen LogP contribution in [0.1, 0.15) is 36.3 Å². The highest BCUT2D eigenvalue weighted by Crippen LogP contribution is 2.50. The molecule has 0 saturated heterocycles. The zero-order valence-electron chi connectivity index (χ0n) is 20.8. The summed E-state index contributed by atoms with van der Waals surface area (Å²) in [6.07, 6.45) is 4.69. The van der Waals surface area contributed by atoms with Gasteiger partial charge in [-0.15, -0.1) is 0 Å². The summed E-state index contributed by atoms with van der Waals surface area (Å²) < 4.78 is 0. The Bertz CT molecular complexity index is 1550. The Labute approximate surface area is 217 Å². The molecule has 3 heterocycles. The molecule has 2 aromatic heterocycles. The Morgan fingerprint density at radius 3 is 2.47 bits per heavy atom. The van der Waals surface area contributed by atoms with E-state index in [1.807, 2.05) is 30.3 Å². The first-order chi connectivity index (χ1) is 18.1. The number of hydrogen-bond donors (Lipinski definition) is 6. The fourth-order valence-electron chi connectivity index (χ4n) is 5.28. The van der Waals surface area contributed by atoms with Gasteiger partial charge in [-0.2, -0.15) is 0 Å². The summed E-state index contributed by atoms with van der Waals surface area (Å²) in [5.41, 5.74) is 4.85. The number of pyridine rings is 1. The van der Waals surface area contributed by atoms with Crippen molar-refractivity contribution in [3.63, 3.8) is 0 Å². The summed E-state index contributed by atoms with van der Waals surface area (Å²) in [6, 6.07) is 14.2. The van der Waals surface area contributed by atoms with Gasteiger partial charge in [-0.3, -0.25) is 19.9 Å². The maximum atomic E-state index is 14.1. The Morgan fingerprint density at radius 1 is 1.05 bits per heavy atom.